The van der Waals surface area contributed by atoms with Crippen LogP contribution in [0.2, 0.25) is 0 Å². The first-order chi connectivity index (χ1) is 9.81. The van der Waals surface area contributed by atoms with E-state index in [1.807, 2.05) is 0 Å². The first kappa shape index (κ1) is 14.3. The Morgan fingerprint density at radius 3 is 2.55 bits per heavy atom. The molecule has 1 amide bonds. The van der Waals surface area contributed by atoms with Crippen molar-refractivity contribution < 1.29 is 4.79 Å². The lowest BCUT2D eigenvalue weighted by Crippen LogP contribution is -2.37. The highest BCUT2D eigenvalue weighted by Crippen LogP contribution is 2.58. The third-order valence-corrected chi connectivity index (χ3v) is 5.52. The average molecular weight is 279 g/mol. The maximum Gasteiger partial charge on any atom is 0.226 e. The first-order valence-corrected chi connectivity index (χ1v) is 8.52. The summed E-state index contributed by atoms with van der Waals surface area (Å²) in [7, 11) is 0. The molecule has 20 heavy (non-hydrogen) atoms. The van der Waals surface area contributed by atoms with E-state index in [-0.39, 0.29) is 0 Å². The zero-order chi connectivity index (χ0) is 13.9. The number of rotatable bonds is 5. The molecule has 2 saturated carbocycles. The molecule has 2 atom stereocenters. The van der Waals surface area contributed by atoms with Crippen LogP contribution in [-0.4, -0.2) is 55.0 Å². The molecule has 2 N–H and O–H groups in total. The summed E-state index contributed by atoms with van der Waals surface area (Å²) in [5.41, 5.74) is 5.55. The number of fused-ring (bicyclic) bond motifs is 1. The van der Waals surface area contributed by atoms with Crippen molar-refractivity contribution in [2.24, 2.45) is 23.5 Å². The molecule has 3 aliphatic rings. The average Bonchev–Trinajstić information content (AvgIpc) is 3.04. The van der Waals surface area contributed by atoms with E-state index in [1.165, 1.54) is 25.7 Å². The van der Waals surface area contributed by atoms with Crippen molar-refractivity contribution in [3.8, 4) is 0 Å². The largest absolute Gasteiger partial charge is 0.341 e. The lowest BCUT2D eigenvalue weighted by molar-refractivity contribution is -0.133. The van der Waals surface area contributed by atoms with E-state index < -0.39 is 0 Å². The molecule has 1 saturated heterocycles. The molecule has 0 aromatic carbocycles. The van der Waals surface area contributed by atoms with Crippen molar-refractivity contribution in [1.82, 2.24) is 9.80 Å². The quantitative estimate of drug-likeness (QED) is 0.772. The summed E-state index contributed by atoms with van der Waals surface area (Å²) in [4.78, 5) is 17.3. The SMILES string of the molecule is NCCCCN1CCCN(C(=O)C2C3CCCC32)CC1. The van der Waals surface area contributed by atoms with Crippen LogP contribution >= 0.6 is 0 Å². The smallest absolute Gasteiger partial charge is 0.226 e. The standard InChI is InChI=1S/C16H29N3O/c17-7-1-2-8-18-9-4-10-19(12-11-18)16(20)15-13-5-3-6-14(13)15/h13-15H,1-12,17H2. The van der Waals surface area contributed by atoms with Gasteiger partial charge in [-0.3, -0.25) is 4.79 Å². The molecule has 0 aromatic rings. The second-order valence-electron chi connectivity index (χ2n) is 6.80. The number of nitrogens with zero attached hydrogens (tertiary/aromatic N) is 2. The van der Waals surface area contributed by atoms with Crippen molar-refractivity contribution in [2.45, 2.75) is 38.5 Å². The second-order valence-corrected chi connectivity index (χ2v) is 6.80. The van der Waals surface area contributed by atoms with Gasteiger partial charge in [-0.1, -0.05) is 6.42 Å². The molecular formula is C16H29N3O. The summed E-state index contributed by atoms with van der Waals surface area (Å²) < 4.78 is 0. The molecule has 4 nitrogen and oxygen atoms in total. The minimum absolute atomic E-state index is 0.410. The number of unbranched alkanes of at least 4 members (excludes halogenated alkanes) is 1. The number of hydrogen-bond donors (Lipinski definition) is 1. The van der Waals surface area contributed by atoms with E-state index in [0.29, 0.717) is 11.8 Å². The lowest BCUT2D eigenvalue weighted by atomic mass is 10.1. The van der Waals surface area contributed by atoms with Crippen molar-refractivity contribution in [3.63, 3.8) is 0 Å². The fourth-order valence-electron chi connectivity index (χ4n) is 4.29. The summed E-state index contributed by atoms with van der Waals surface area (Å²) in [6.07, 6.45) is 7.41. The normalized spacial score (nSPS) is 33.9. The van der Waals surface area contributed by atoms with Crippen LogP contribution in [0.5, 0.6) is 0 Å². The molecule has 0 aromatic heterocycles. The van der Waals surface area contributed by atoms with Crippen molar-refractivity contribution in [3.05, 3.63) is 0 Å². The Hall–Kier alpha value is -0.610. The molecule has 1 heterocycles. The first-order valence-electron chi connectivity index (χ1n) is 8.52. The molecule has 0 spiro atoms. The molecule has 0 bridgehead atoms. The molecule has 2 unspecified atom stereocenters. The van der Waals surface area contributed by atoms with Gasteiger partial charge in [0.15, 0.2) is 0 Å². The maximum absolute atomic E-state index is 12.6. The monoisotopic (exact) mass is 279 g/mol. The predicted octanol–water partition coefficient (Wildman–Crippen LogP) is 1.31. The van der Waals surface area contributed by atoms with Crippen LogP contribution in [0.4, 0.5) is 0 Å². The number of carbonyl (C=O) groups excluding carboxylic acids is 1. The molecule has 4 heteroatoms. The van der Waals surface area contributed by atoms with E-state index in [0.717, 1.165) is 63.9 Å². The maximum atomic E-state index is 12.6. The van der Waals surface area contributed by atoms with Crippen molar-refractivity contribution in [1.29, 1.82) is 0 Å². The number of nitrogens with two attached hydrogens (primary N) is 1. The molecule has 114 valence electrons. The molecule has 3 fully saturated rings. The minimum atomic E-state index is 0.410. The Bertz CT molecular complexity index is 337. The second kappa shape index (κ2) is 6.44. The fourth-order valence-corrected chi connectivity index (χ4v) is 4.29. The molecule has 3 rings (SSSR count). The van der Waals surface area contributed by atoms with Gasteiger partial charge in [0.05, 0.1) is 0 Å². The summed E-state index contributed by atoms with van der Waals surface area (Å²) in [5.74, 6) is 2.40. The topological polar surface area (TPSA) is 49.6 Å². The number of carbonyl (C=O) groups is 1. The fraction of sp³-hybridized carbons (Fsp3) is 0.938. The predicted molar refractivity (Wildman–Crippen MR) is 80.2 cm³/mol. The van der Waals surface area contributed by atoms with Gasteiger partial charge in [-0.2, -0.15) is 0 Å². The van der Waals surface area contributed by atoms with Crippen LogP contribution in [0.3, 0.4) is 0 Å². The van der Waals surface area contributed by atoms with Gasteiger partial charge in [-0.15, -0.1) is 0 Å². The summed E-state index contributed by atoms with van der Waals surface area (Å²) >= 11 is 0. The van der Waals surface area contributed by atoms with Gasteiger partial charge < -0.3 is 15.5 Å². The van der Waals surface area contributed by atoms with Crippen LogP contribution in [0.15, 0.2) is 0 Å². The highest BCUT2D eigenvalue weighted by molar-refractivity contribution is 5.82. The van der Waals surface area contributed by atoms with E-state index in [4.69, 9.17) is 5.73 Å². The van der Waals surface area contributed by atoms with Gasteiger partial charge in [-0.05, 0) is 63.6 Å². The van der Waals surface area contributed by atoms with Crippen LogP contribution in [0.1, 0.15) is 38.5 Å². The van der Waals surface area contributed by atoms with E-state index in [9.17, 15) is 4.79 Å². The Morgan fingerprint density at radius 2 is 1.80 bits per heavy atom. The zero-order valence-corrected chi connectivity index (χ0v) is 12.6. The van der Waals surface area contributed by atoms with Gasteiger partial charge in [0.25, 0.3) is 0 Å². The van der Waals surface area contributed by atoms with Gasteiger partial charge in [0.1, 0.15) is 0 Å². The lowest BCUT2D eigenvalue weighted by Gasteiger charge is -2.22. The molecule has 1 aliphatic heterocycles. The molecular weight excluding hydrogens is 250 g/mol. The summed E-state index contributed by atoms with van der Waals surface area (Å²) in [5, 5.41) is 0. The van der Waals surface area contributed by atoms with Crippen LogP contribution in [0.25, 0.3) is 0 Å². The van der Waals surface area contributed by atoms with E-state index in [2.05, 4.69) is 9.80 Å². The number of amides is 1. The highest BCUT2D eigenvalue weighted by atomic mass is 16.2. The van der Waals surface area contributed by atoms with Crippen LogP contribution < -0.4 is 5.73 Å². The van der Waals surface area contributed by atoms with Crippen LogP contribution in [0, 0.1) is 17.8 Å². The van der Waals surface area contributed by atoms with Crippen LogP contribution in [-0.2, 0) is 4.79 Å². The Balaban J connectivity index is 1.44. The van der Waals surface area contributed by atoms with Gasteiger partial charge in [0.2, 0.25) is 5.91 Å². The molecule has 0 radical (unpaired) electrons. The Labute approximate surface area is 122 Å². The zero-order valence-electron chi connectivity index (χ0n) is 12.6. The Morgan fingerprint density at radius 1 is 1.00 bits per heavy atom. The van der Waals surface area contributed by atoms with Gasteiger partial charge >= 0.3 is 0 Å². The van der Waals surface area contributed by atoms with E-state index >= 15 is 0 Å². The Kier molecular flexibility index (Phi) is 4.61. The third kappa shape index (κ3) is 3.01. The van der Waals surface area contributed by atoms with Crippen molar-refractivity contribution in [2.75, 3.05) is 39.3 Å². The highest BCUT2D eigenvalue weighted by Gasteiger charge is 2.57. The van der Waals surface area contributed by atoms with Crippen molar-refractivity contribution >= 4 is 5.91 Å². The van der Waals surface area contributed by atoms with E-state index in [1.54, 1.807) is 0 Å². The minimum Gasteiger partial charge on any atom is -0.341 e. The third-order valence-electron chi connectivity index (χ3n) is 5.52. The number of hydrogen-bond acceptors (Lipinski definition) is 3. The molecule has 2 aliphatic carbocycles. The van der Waals surface area contributed by atoms with Gasteiger partial charge in [0, 0.05) is 25.6 Å². The summed E-state index contributed by atoms with van der Waals surface area (Å²) in [6.45, 7) is 6.06. The van der Waals surface area contributed by atoms with Gasteiger partial charge in [-0.25, -0.2) is 0 Å². The summed E-state index contributed by atoms with van der Waals surface area (Å²) in [6, 6.07) is 0.